The van der Waals surface area contributed by atoms with E-state index >= 15 is 0 Å². The first-order valence-electron chi connectivity index (χ1n) is 7.08. The molecule has 0 aliphatic heterocycles. The highest BCUT2D eigenvalue weighted by molar-refractivity contribution is 7.99. The molecule has 1 aromatic carbocycles. The fourth-order valence-corrected chi connectivity index (χ4v) is 2.45. The van der Waals surface area contributed by atoms with Crippen molar-refractivity contribution in [2.45, 2.75) is 11.8 Å². The number of hydrogen-bond donors (Lipinski definition) is 1. The largest absolute Gasteiger partial charge is 0.411 e. The number of halogens is 1. The third kappa shape index (κ3) is 4.39. The molecule has 0 aliphatic carbocycles. The van der Waals surface area contributed by atoms with E-state index in [0.29, 0.717) is 17.7 Å². The van der Waals surface area contributed by atoms with Crippen molar-refractivity contribution >= 4 is 17.7 Å². The van der Waals surface area contributed by atoms with E-state index in [1.54, 1.807) is 36.7 Å². The minimum absolute atomic E-state index is 0.152. The van der Waals surface area contributed by atoms with Gasteiger partial charge in [-0.2, -0.15) is 0 Å². The lowest BCUT2D eigenvalue weighted by Crippen LogP contribution is -2.24. The predicted octanol–water partition coefficient (Wildman–Crippen LogP) is 2.68. The summed E-state index contributed by atoms with van der Waals surface area (Å²) in [4.78, 5) is 15.7. The summed E-state index contributed by atoms with van der Waals surface area (Å²) in [6.45, 7) is 0.339. The number of carbonyl (C=O) groups is 1. The van der Waals surface area contributed by atoms with Gasteiger partial charge in [0, 0.05) is 24.5 Å². The highest BCUT2D eigenvalue weighted by atomic mass is 32.2. The molecule has 0 radical (unpaired) electrons. The fraction of sp³-hybridized carbons (Fsp3) is 0.125. The summed E-state index contributed by atoms with van der Waals surface area (Å²) in [6.07, 6.45) is 3.27. The molecule has 1 amide bonds. The first-order chi connectivity index (χ1) is 11.7. The quantitative estimate of drug-likeness (QED) is 0.693. The maximum absolute atomic E-state index is 12.8. The van der Waals surface area contributed by atoms with Crippen molar-refractivity contribution in [1.29, 1.82) is 0 Å². The molecule has 8 heteroatoms. The molecule has 0 saturated carbocycles. The van der Waals surface area contributed by atoms with E-state index in [1.165, 1.54) is 12.1 Å². The van der Waals surface area contributed by atoms with Gasteiger partial charge in [-0.1, -0.05) is 23.9 Å². The standard InChI is InChI=1S/C16H13FN4O2S/c17-13-3-1-11(2-4-13)9-19-14(22)10-24-16-21-20-15(23-16)12-5-7-18-8-6-12/h1-8H,9-10H2,(H,19,22). The molecule has 3 aromatic rings. The van der Waals surface area contributed by atoms with Crippen molar-refractivity contribution in [2.24, 2.45) is 0 Å². The molecule has 3 rings (SSSR count). The van der Waals surface area contributed by atoms with E-state index in [0.717, 1.165) is 22.9 Å². The SMILES string of the molecule is O=C(CSc1nnc(-c2ccncc2)o1)NCc1ccc(F)cc1. The Balaban J connectivity index is 1.48. The molecular weight excluding hydrogens is 331 g/mol. The molecule has 6 nitrogen and oxygen atoms in total. The molecule has 122 valence electrons. The van der Waals surface area contributed by atoms with Gasteiger partial charge in [-0.25, -0.2) is 4.39 Å². The lowest BCUT2D eigenvalue weighted by atomic mass is 10.2. The van der Waals surface area contributed by atoms with Gasteiger partial charge < -0.3 is 9.73 Å². The summed E-state index contributed by atoms with van der Waals surface area (Å²) in [5.41, 5.74) is 1.60. The minimum atomic E-state index is -0.304. The van der Waals surface area contributed by atoms with Crippen LogP contribution < -0.4 is 5.32 Å². The predicted molar refractivity (Wildman–Crippen MR) is 86.5 cm³/mol. The number of thioether (sulfide) groups is 1. The third-order valence-corrected chi connectivity index (χ3v) is 3.88. The Morgan fingerprint density at radius 2 is 1.88 bits per heavy atom. The molecule has 0 aliphatic rings. The summed E-state index contributed by atoms with van der Waals surface area (Å²) in [7, 11) is 0. The first-order valence-corrected chi connectivity index (χ1v) is 8.07. The Kier molecular flexibility index (Phi) is 5.17. The van der Waals surface area contributed by atoms with Gasteiger partial charge >= 0.3 is 0 Å². The van der Waals surface area contributed by atoms with Gasteiger partial charge in [-0.15, -0.1) is 10.2 Å². The Labute approximate surface area is 141 Å². The number of hydrogen-bond acceptors (Lipinski definition) is 6. The van der Waals surface area contributed by atoms with Crippen molar-refractivity contribution in [3.63, 3.8) is 0 Å². The number of benzene rings is 1. The number of carbonyl (C=O) groups excluding carboxylic acids is 1. The summed E-state index contributed by atoms with van der Waals surface area (Å²) in [6, 6.07) is 9.49. The zero-order valence-corrected chi connectivity index (χ0v) is 13.3. The van der Waals surface area contributed by atoms with Crippen molar-refractivity contribution in [3.8, 4) is 11.5 Å². The van der Waals surface area contributed by atoms with Crippen LogP contribution in [0.5, 0.6) is 0 Å². The van der Waals surface area contributed by atoms with Gasteiger partial charge in [0.25, 0.3) is 5.22 Å². The van der Waals surface area contributed by atoms with Crippen molar-refractivity contribution < 1.29 is 13.6 Å². The van der Waals surface area contributed by atoms with Crippen LogP contribution in [0, 0.1) is 5.82 Å². The monoisotopic (exact) mass is 344 g/mol. The summed E-state index contributed by atoms with van der Waals surface area (Å²) in [5, 5.41) is 10.9. The van der Waals surface area contributed by atoms with E-state index in [1.807, 2.05) is 0 Å². The van der Waals surface area contributed by atoms with Gasteiger partial charge in [0.05, 0.1) is 5.75 Å². The van der Waals surface area contributed by atoms with Crippen LogP contribution in [0.4, 0.5) is 4.39 Å². The van der Waals surface area contributed by atoms with Crippen LogP contribution in [0.1, 0.15) is 5.56 Å². The Morgan fingerprint density at radius 3 is 2.62 bits per heavy atom. The Bertz CT molecular complexity index is 808. The van der Waals surface area contributed by atoms with Gasteiger partial charge in [0.1, 0.15) is 5.82 Å². The molecular formula is C16H13FN4O2S. The van der Waals surface area contributed by atoms with E-state index in [9.17, 15) is 9.18 Å². The van der Waals surface area contributed by atoms with Gasteiger partial charge in [0.2, 0.25) is 11.8 Å². The van der Waals surface area contributed by atoms with Crippen LogP contribution in [-0.4, -0.2) is 26.8 Å². The highest BCUT2D eigenvalue weighted by Crippen LogP contribution is 2.22. The number of pyridine rings is 1. The summed E-state index contributed by atoms with van der Waals surface area (Å²) in [5.74, 6) is 0.0562. The molecule has 0 atom stereocenters. The van der Waals surface area contributed by atoms with Crippen molar-refractivity contribution in [1.82, 2.24) is 20.5 Å². The number of nitrogens with one attached hydrogen (secondary N) is 1. The zero-order valence-electron chi connectivity index (χ0n) is 12.5. The molecule has 24 heavy (non-hydrogen) atoms. The number of aromatic nitrogens is 3. The maximum atomic E-state index is 12.8. The molecule has 0 spiro atoms. The van der Waals surface area contributed by atoms with Crippen LogP contribution in [-0.2, 0) is 11.3 Å². The van der Waals surface area contributed by atoms with E-state index in [-0.39, 0.29) is 17.5 Å². The number of amides is 1. The van der Waals surface area contributed by atoms with Gasteiger partial charge in [-0.05, 0) is 29.8 Å². The molecule has 0 bridgehead atoms. The third-order valence-electron chi connectivity index (χ3n) is 3.06. The summed E-state index contributed by atoms with van der Waals surface area (Å²) < 4.78 is 18.3. The normalized spacial score (nSPS) is 10.5. The second kappa shape index (κ2) is 7.69. The first kappa shape index (κ1) is 16.1. The zero-order chi connectivity index (χ0) is 16.8. The number of rotatable bonds is 6. The fourth-order valence-electron chi connectivity index (χ4n) is 1.86. The lowest BCUT2D eigenvalue weighted by Gasteiger charge is -2.04. The van der Waals surface area contributed by atoms with Crippen LogP contribution >= 0.6 is 11.8 Å². The second-order valence-corrected chi connectivity index (χ2v) is 5.73. The van der Waals surface area contributed by atoms with Crippen LogP contribution in [0.2, 0.25) is 0 Å². The Morgan fingerprint density at radius 1 is 1.12 bits per heavy atom. The van der Waals surface area contributed by atoms with Crippen LogP contribution in [0.25, 0.3) is 11.5 Å². The van der Waals surface area contributed by atoms with Crippen molar-refractivity contribution in [3.05, 3.63) is 60.2 Å². The molecule has 0 fully saturated rings. The molecule has 2 heterocycles. The highest BCUT2D eigenvalue weighted by Gasteiger charge is 2.11. The summed E-state index contributed by atoms with van der Waals surface area (Å²) >= 11 is 1.15. The molecule has 1 N–H and O–H groups in total. The van der Waals surface area contributed by atoms with Gasteiger partial charge in [-0.3, -0.25) is 9.78 Å². The Hall–Kier alpha value is -2.74. The van der Waals surface area contributed by atoms with Crippen molar-refractivity contribution in [2.75, 3.05) is 5.75 Å². The topological polar surface area (TPSA) is 80.9 Å². The average Bonchev–Trinajstić information content (AvgIpc) is 3.09. The molecule has 0 unspecified atom stereocenters. The smallest absolute Gasteiger partial charge is 0.277 e. The van der Waals surface area contributed by atoms with Crippen LogP contribution in [0.3, 0.4) is 0 Å². The maximum Gasteiger partial charge on any atom is 0.277 e. The second-order valence-electron chi connectivity index (χ2n) is 4.80. The lowest BCUT2D eigenvalue weighted by molar-refractivity contribution is -0.118. The van der Waals surface area contributed by atoms with Gasteiger partial charge in [0.15, 0.2) is 0 Å². The van der Waals surface area contributed by atoms with E-state index in [2.05, 4.69) is 20.5 Å². The number of nitrogens with zero attached hydrogens (tertiary/aromatic N) is 3. The van der Waals surface area contributed by atoms with Crippen LogP contribution in [0.15, 0.2) is 58.4 Å². The van der Waals surface area contributed by atoms with E-state index < -0.39 is 0 Å². The molecule has 0 saturated heterocycles. The minimum Gasteiger partial charge on any atom is -0.411 e. The average molecular weight is 344 g/mol. The molecule has 2 aromatic heterocycles. The van der Waals surface area contributed by atoms with E-state index in [4.69, 9.17) is 4.42 Å².